The van der Waals surface area contributed by atoms with Gasteiger partial charge < -0.3 is 4.74 Å². The molecule has 0 amide bonds. The van der Waals surface area contributed by atoms with Crippen LogP contribution >= 0.6 is 0 Å². The molecule has 8 nitrogen and oxygen atoms in total. The van der Waals surface area contributed by atoms with E-state index in [1.54, 1.807) is 19.2 Å². The third-order valence-electron chi connectivity index (χ3n) is 5.47. The highest BCUT2D eigenvalue weighted by atomic mass is 32.2. The molecule has 0 atom stereocenters. The van der Waals surface area contributed by atoms with Crippen molar-refractivity contribution in [1.82, 2.24) is 14.5 Å². The maximum Gasteiger partial charge on any atom is 0.294 e. The van der Waals surface area contributed by atoms with Crippen LogP contribution in [-0.4, -0.2) is 47.6 Å². The smallest absolute Gasteiger partial charge is 0.294 e. The van der Waals surface area contributed by atoms with Gasteiger partial charge in [-0.2, -0.15) is 8.42 Å². The van der Waals surface area contributed by atoms with Gasteiger partial charge in [0.05, 0.1) is 42.7 Å². The third-order valence-corrected chi connectivity index (χ3v) is 6.33. The first-order valence-electron chi connectivity index (χ1n) is 10.3. The van der Waals surface area contributed by atoms with Crippen molar-refractivity contribution in [1.29, 1.82) is 0 Å². The van der Waals surface area contributed by atoms with Crippen LogP contribution in [0.5, 0.6) is 5.75 Å². The van der Waals surface area contributed by atoms with Crippen molar-refractivity contribution in [3.8, 4) is 17.6 Å². The van der Waals surface area contributed by atoms with E-state index in [0.29, 0.717) is 25.1 Å². The molecule has 0 bridgehead atoms. The SMILES string of the molecule is COc1ccc(C#CCN2CCc3ncn(Cc4ccc(S(=O)(=O)O)cc4)c(=O)c3C2)cc1. The largest absolute Gasteiger partial charge is 0.497 e. The lowest BCUT2D eigenvalue weighted by Crippen LogP contribution is -2.38. The first-order chi connectivity index (χ1) is 15.8. The quantitative estimate of drug-likeness (QED) is 0.454. The van der Waals surface area contributed by atoms with Gasteiger partial charge in [0.15, 0.2) is 0 Å². The molecule has 1 aliphatic heterocycles. The number of hydrogen-bond donors (Lipinski definition) is 1. The molecule has 9 heteroatoms. The Balaban J connectivity index is 1.45. The molecule has 33 heavy (non-hydrogen) atoms. The maximum absolute atomic E-state index is 13.1. The van der Waals surface area contributed by atoms with Gasteiger partial charge in [0.1, 0.15) is 5.75 Å². The maximum atomic E-state index is 13.1. The summed E-state index contributed by atoms with van der Waals surface area (Å²) >= 11 is 0. The molecule has 1 aliphatic rings. The molecular weight excluding hydrogens is 442 g/mol. The fourth-order valence-corrected chi connectivity index (χ4v) is 4.13. The number of methoxy groups -OCH3 is 1. The molecule has 0 unspecified atom stereocenters. The van der Waals surface area contributed by atoms with Gasteiger partial charge >= 0.3 is 0 Å². The van der Waals surface area contributed by atoms with Crippen molar-refractivity contribution >= 4 is 10.1 Å². The standard InChI is InChI=1S/C24H23N3O5S/c1-32-20-8-4-18(5-9-20)3-2-13-26-14-12-23-22(16-26)24(28)27(17-25-23)15-19-6-10-21(11-7-19)33(29,30)31/h4-11,17H,12-16H2,1H3,(H,29,30,31). The lowest BCUT2D eigenvalue weighted by atomic mass is 10.1. The Labute approximate surface area is 192 Å². The van der Waals surface area contributed by atoms with Gasteiger partial charge in [-0.1, -0.05) is 24.0 Å². The van der Waals surface area contributed by atoms with Crippen molar-refractivity contribution in [3.63, 3.8) is 0 Å². The number of fused-ring (bicyclic) bond motifs is 1. The Morgan fingerprint density at radius 2 is 1.85 bits per heavy atom. The van der Waals surface area contributed by atoms with Crippen LogP contribution in [0.4, 0.5) is 0 Å². The van der Waals surface area contributed by atoms with Gasteiger partial charge in [-0.15, -0.1) is 0 Å². The lowest BCUT2D eigenvalue weighted by molar-refractivity contribution is 0.280. The van der Waals surface area contributed by atoms with Gasteiger partial charge in [-0.3, -0.25) is 18.8 Å². The molecular formula is C24H23N3O5S. The van der Waals surface area contributed by atoms with E-state index in [-0.39, 0.29) is 17.0 Å². The first kappa shape index (κ1) is 22.7. The van der Waals surface area contributed by atoms with Crippen LogP contribution in [0, 0.1) is 11.8 Å². The number of benzene rings is 2. The minimum absolute atomic E-state index is 0.119. The molecule has 0 radical (unpaired) electrons. The van der Waals surface area contributed by atoms with Gasteiger partial charge in [-0.25, -0.2) is 4.98 Å². The van der Waals surface area contributed by atoms with Crippen LogP contribution in [0.15, 0.2) is 64.5 Å². The monoisotopic (exact) mass is 465 g/mol. The Morgan fingerprint density at radius 1 is 1.12 bits per heavy atom. The van der Waals surface area contributed by atoms with Crippen molar-refractivity contribution in [3.05, 3.63) is 87.6 Å². The first-order valence-corrected chi connectivity index (χ1v) is 11.8. The van der Waals surface area contributed by atoms with Crippen LogP contribution in [0.25, 0.3) is 0 Å². The lowest BCUT2D eigenvalue weighted by Gasteiger charge is -2.26. The zero-order valence-electron chi connectivity index (χ0n) is 18.1. The number of ether oxygens (including phenoxy) is 1. The normalized spacial score (nSPS) is 13.6. The van der Waals surface area contributed by atoms with Crippen LogP contribution in [0.2, 0.25) is 0 Å². The molecule has 170 valence electrons. The average molecular weight is 466 g/mol. The fourth-order valence-electron chi connectivity index (χ4n) is 3.65. The summed E-state index contributed by atoms with van der Waals surface area (Å²) in [6.45, 7) is 2.04. The summed E-state index contributed by atoms with van der Waals surface area (Å²) in [5.41, 5.74) is 2.97. The molecule has 1 N–H and O–H groups in total. The number of nitrogens with zero attached hydrogens (tertiary/aromatic N) is 3. The van der Waals surface area contributed by atoms with Gasteiger partial charge in [0.25, 0.3) is 15.7 Å². The Kier molecular flexibility index (Phi) is 6.60. The molecule has 4 rings (SSSR count). The zero-order chi connectivity index (χ0) is 23.4. The minimum atomic E-state index is -4.25. The topological polar surface area (TPSA) is 102 Å². The summed E-state index contributed by atoms with van der Waals surface area (Å²) in [5.74, 6) is 7.09. The average Bonchev–Trinajstić information content (AvgIpc) is 2.81. The second kappa shape index (κ2) is 9.58. The summed E-state index contributed by atoms with van der Waals surface area (Å²) in [7, 11) is -2.63. The Morgan fingerprint density at radius 3 is 2.52 bits per heavy atom. The Bertz CT molecular complexity index is 1370. The van der Waals surface area contributed by atoms with Crippen molar-refractivity contribution in [2.75, 3.05) is 20.2 Å². The summed E-state index contributed by atoms with van der Waals surface area (Å²) in [6, 6.07) is 13.3. The summed E-state index contributed by atoms with van der Waals surface area (Å²) < 4.78 is 38.2. The van der Waals surface area contributed by atoms with Crippen LogP contribution < -0.4 is 10.3 Å². The van der Waals surface area contributed by atoms with E-state index >= 15 is 0 Å². The second-order valence-electron chi connectivity index (χ2n) is 7.71. The number of rotatable bonds is 5. The van der Waals surface area contributed by atoms with E-state index in [2.05, 4.69) is 21.7 Å². The molecule has 3 aromatic rings. The van der Waals surface area contributed by atoms with Gasteiger partial charge in [0.2, 0.25) is 0 Å². The van der Waals surface area contributed by atoms with Gasteiger partial charge in [-0.05, 0) is 42.0 Å². The van der Waals surface area contributed by atoms with E-state index < -0.39 is 10.1 Å². The highest BCUT2D eigenvalue weighted by Crippen LogP contribution is 2.15. The number of hydrogen-bond acceptors (Lipinski definition) is 6. The number of aromatic nitrogens is 2. The third kappa shape index (κ3) is 5.49. The van der Waals surface area contributed by atoms with E-state index in [1.165, 1.54) is 23.0 Å². The minimum Gasteiger partial charge on any atom is -0.497 e. The fraction of sp³-hybridized carbons (Fsp3) is 0.250. The molecule has 1 aromatic heterocycles. The Hall–Kier alpha value is -3.45. The van der Waals surface area contributed by atoms with Gasteiger partial charge in [0, 0.05) is 25.1 Å². The van der Waals surface area contributed by atoms with Crippen LogP contribution in [0.1, 0.15) is 22.4 Å². The molecule has 0 spiro atoms. The predicted octanol–water partition coefficient (Wildman–Crippen LogP) is 1.96. The zero-order valence-corrected chi connectivity index (χ0v) is 18.9. The highest BCUT2D eigenvalue weighted by Gasteiger charge is 2.20. The summed E-state index contributed by atoms with van der Waals surface area (Å²) in [6.07, 6.45) is 2.20. The molecule has 0 aliphatic carbocycles. The van der Waals surface area contributed by atoms with Crippen LogP contribution in [0.3, 0.4) is 0 Å². The van der Waals surface area contributed by atoms with E-state index in [0.717, 1.165) is 29.1 Å². The van der Waals surface area contributed by atoms with E-state index in [4.69, 9.17) is 9.29 Å². The van der Waals surface area contributed by atoms with Crippen molar-refractivity contribution in [2.24, 2.45) is 0 Å². The highest BCUT2D eigenvalue weighted by molar-refractivity contribution is 7.85. The predicted molar refractivity (Wildman–Crippen MR) is 123 cm³/mol. The molecule has 2 heterocycles. The molecule has 2 aromatic carbocycles. The molecule has 0 saturated heterocycles. The van der Waals surface area contributed by atoms with Crippen molar-refractivity contribution < 1.29 is 17.7 Å². The summed E-state index contributed by atoms with van der Waals surface area (Å²) in [4.78, 5) is 19.5. The second-order valence-corrected chi connectivity index (χ2v) is 9.13. The van der Waals surface area contributed by atoms with E-state index in [9.17, 15) is 13.2 Å². The summed E-state index contributed by atoms with van der Waals surface area (Å²) in [5, 5.41) is 0. The molecule has 0 fully saturated rings. The molecule has 0 saturated carbocycles. The van der Waals surface area contributed by atoms with Crippen LogP contribution in [-0.2, 0) is 29.6 Å². The van der Waals surface area contributed by atoms with Crippen molar-refractivity contribution in [2.45, 2.75) is 24.4 Å². The van der Waals surface area contributed by atoms with E-state index in [1.807, 2.05) is 24.3 Å².